The lowest BCUT2D eigenvalue weighted by atomic mass is 9.85. The van der Waals surface area contributed by atoms with Gasteiger partial charge >= 0.3 is 0 Å². The number of nitrogens with zero attached hydrogens (tertiary/aromatic N) is 2. The molecule has 0 saturated carbocycles. The Labute approximate surface area is 248 Å². The number of carbonyl (C=O) groups excluding carboxylic acids is 1. The average molecular weight is 568 g/mol. The third kappa shape index (κ3) is 7.97. The van der Waals surface area contributed by atoms with Gasteiger partial charge in [-0.05, 0) is 71.2 Å². The van der Waals surface area contributed by atoms with Crippen LogP contribution in [0.1, 0.15) is 77.7 Å². The number of rotatable bonds is 11. The van der Waals surface area contributed by atoms with E-state index in [4.69, 9.17) is 9.15 Å². The molecule has 1 aliphatic rings. The minimum absolute atomic E-state index is 0.0747. The van der Waals surface area contributed by atoms with Gasteiger partial charge in [0.15, 0.2) is 5.76 Å². The topological polar surface area (TPSA) is 101 Å². The SMILES string of the molecule is Cc1ccc(C(C)(C)C)cc1Cc1ccc(C(=O)NCc2cccc(CNc3ccnc(NCC4CCCO4)n3)c2)o1. The van der Waals surface area contributed by atoms with E-state index < -0.39 is 0 Å². The van der Waals surface area contributed by atoms with Crippen molar-refractivity contribution in [1.29, 1.82) is 0 Å². The molecular weight excluding hydrogens is 526 g/mol. The van der Waals surface area contributed by atoms with E-state index in [0.717, 1.165) is 42.2 Å². The van der Waals surface area contributed by atoms with Crippen LogP contribution in [0, 0.1) is 6.92 Å². The van der Waals surface area contributed by atoms with Crippen molar-refractivity contribution < 1.29 is 13.9 Å². The number of benzene rings is 2. The number of anilines is 2. The first kappa shape index (κ1) is 29.3. The maximum Gasteiger partial charge on any atom is 0.287 e. The molecule has 8 nitrogen and oxygen atoms in total. The maximum absolute atomic E-state index is 12.9. The first-order valence-electron chi connectivity index (χ1n) is 14.7. The number of hydrogen-bond donors (Lipinski definition) is 3. The molecule has 8 heteroatoms. The second kappa shape index (κ2) is 13.2. The number of nitrogens with one attached hydrogen (secondary N) is 3. The lowest BCUT2D eigenvalue weighted by Crippen LogP contribution is -2.22. The minimum atomic E-state index is -0.228. The van der Waals surface area contributed by atoms with Crippen LogP contribution >= 0.6 is 0 Å². The Kier molecular flexibility index (Phi) is 9.22. The zero-order valence-corrected chi connectivity index (χ0v) is 25.0. The van der Waals surface area contributed by atoms with Crippen LogP contribution in [-0.4, -0.2) is 35.1 Å². The molecule has 1 saturated heterocycles. The van der Waals surface area contributed by atoms with E-state index in [1.165, 1.54) is 16.7 Å². The molecule has 0 bridgehead atoms. The lowest BCUT2D eigenvalue weighted by molar-refractivity contribution is 0.0921. The zero-order chi connectivity index (χ0) is 29.5. The maximum atomic E-state index is 12.9. The first-order chi connectivity index (χ1) is 20.2. The van der Waals surface area contributed by atoms with Crippen molar-refractivity contribution in [2.75, 3.05) is 23.8 Å². The minimum Gasteiger partial charge on any atom is -0.456 e. The van der Waals surface area contributed by atoms with Crippen molar-refractivity contribution in [2.24, 2.45) is 0 Å². The van der Waals surface area contributed by atoms with Gasteiger partial charge in [-0.15, -0.1) is 0 Å². The molecule has 1 aliphatic heterocycles. The fraction of sp³-hybridized carbons (Fsp3) is 0.382. The summed E-state index contributed by atoms with van der Waals surface area (Å²) in [6.07, 6.45) is 4.79. The molecule has 3 heterocycles. The summed E-state index contributed by atoms with van der Waals surface area (Å²) in [7, 11) is 0. The number of amides is 1. The van der Waals surface area contributed by atoms with E-state index in [1.807, 2.05) is 30.3 Å². The smallest absolute Gasteiger partial charge is 0.287 e. The Bertz CT molecular complexity index is 1500. The summed E-state index contributed by atoms with van der Waals surface area (Å²) in [4.78, 5) is 21.7. The molecule has 5 rings (SSSR count). The van der Waals surface area contributed by atoms with Gasteiger partial charge in [0.1, 0.15) is 11.6 Å². The summed E-state index contributed by atoms with van der Waals surface area (Å²) in [5, 5.41) is 9.61. The molecule has 0 spiro atoms. The highest BCUT2D eigenvalue weighted by atomic mass is 16.5. The normalized spacial score (nSPS) is 15.0. The van der Waals surface area contributed by atoms with E-state index in [0.29, 0.717) is 37.8 Å². The van der Waals surface area contributed by atoms with Gasteiger partial charge in [0, 0.05) is 38.9 Å². The van der Waals surface area contributed by atoms with E-state index >= 15 is 0 Å². The Morgan fingerprint density at radius 2 is 1.83 bits per heavy atom. The molecule has 1 atom stereocenters. The van der Waals surface area contributed by atoms with Crippen molar-refractivity contribution in [3.05, 3.63) is 106 Å². The summed E-state index contributed by atoms with van der Waals surface area (Å²) in [5.74, 6) is 2.19. The van der Waals surface area contributed by atoms with E-state index in [9.17, 15) is 4.79 Å². The molecule has 2 aromatic carbocycles. The number of hydrogen-bond acceptors (Lipinski definition) is 7. The third-order valence-electron chi connectivity index (χ3n) is 7.55. The molecule has 42 heavy (non-hydrogen) atoms. The second-order valence-electron chi connectivity index (χ2n) is 12.0. The summed E-state index contributed by atoms with van der Waals surface area (Å²) >= 11 is 0. The number of aromatic nitrogens is 2. The zero-order valence-electron chi connectivity index (χ0n) is 25.0. The van der Waals surface area contributed by atoms with Crippen LogP contribution in [0.3, 0.4) is 0 Å². The summed E-state index contributed by atoms with van der Waals surface area (Å²) in [6, 6.07) is 20.2. The highest BCUT2D eigenvalue weighted by molar-refractivity contribution is 5.91. The largest absolute Gasteiger partial charge is 0.456 e. The van der Waals surface area contributed by atoms with Gasteiger partial charge in [0.05, 0.1) is 6.10 Å². The molecule has 2 aromatic heterocycles. The number of furan rings is 1. The standard InChI is InChI=1S/C34H41N5O3/c1-23-10-11-27(34(2,3)4)18-26(23)19-28-12-13-30(42-28)32(40)37-21-25-8-5-7-24(17-25)20-36-31-14-15-35-33(39-31)38-22-29-9-6-16-41-29/h5,7-8,10-15,17-18,29H,6,9,16,19-22H2,1-4H3,(H,37,40)(H2,35,36,38,39). The van der Waals surface area contributed by atoms with Crippen LogP contribution in [0.5, 0.6) is 0 Å². The fourth-order valence-electron chi connectivity index (χ4n) is 4.98. The lowest BCUT2D eigenvalue weighted by Gasteiger charge is -2.20. The Hall–Kier alpha value is -4.17. The predicted octanol–water partition coefficient (Wildman–Crippen LogP) is 6.40. The highest BCUT2D eigenvalue weighted by Crippen LogP contribution is 2.26. The van der Waals surface area contributed by atoms with Crippen LogP contribution in [0.4, 0.5) is 11.8 Å². The van der Waals surface area contributed by atoms with Crippen molar-refractivity contribution in [3.8, 4) is 0 Å². The molecule has 0 aliphatic carbocycles. The van der Waals surface area contributed by atoms with Gasteiger partial charge in [-0.25, -0.2) is 4.98 Å². The van der Waals surface area contributed by atoms with Crippen LogP contribution in [0.25, 0.3) is 0 Å². The van der Waals surface area contributed by atoms with Gasteiger partial charge < -0.3 is 25.1 Å². The first-order valence-corrected chi connectivity index (χ1v) is 14.7. The van der Waals surface area contributed by atoms with Crippen LogP contribution in [-0.2, 0) is 29.7 Å². The molecule has 0 radical (unpaired) electrons. The van der Waals surface area contributed by atoms with Crippen molar-refractivity contribution in [2.45, 2.75) is 71.6 Å². The number of ether oxygens (including phenoxy) is 1. The fourth-order valence-corrected chi connectivity index (χ4v) is 4.98. The molecule has 1 fully saturated rings. The molecule has 1 unspecified atom stereocenters. The van der Waals surface area contributed by atoms with Crippen LogP contribution in [0.15, 0.2) is 71.3 Å². The van der Waals surface area contributed by atoms with Crippen molar-refractivity contribution in [1.82, 2.24) is 15.3 Å². The molecule has 220 valence electrons. The monoisotopic (exact) mass is 567 g/mol. The van der Waals surface area contributed by atoms with E-state index in [-0.39, 0.29) is 17.4 Å². The Morgan fingerprint density at radius 1 is 1.00 bits per heavy atom. The highest BCUT2D eigenvalue weighted by Gasteiger charge is 2.17. The molecule has 1 amide bonds. The van der Waals surface area contributed by atoms with Crippen LogP contribution in [0.2, 0.25) is 0 Å². The van der Waals surface area contributed by atoms with Crippen molar-refractivity contribution >= 4 is 17.7 Å². The van der Waals surface area contributed by atoms with Gasteiger partial charge in [-0.1, -0.05) is 63.2 Å². The Balaban J connectivity index is 1.12. The molecule has 3 N–H and O–H groups in total. The summed E-state index contributed by atoms with van der Waals surface area (Å²) in [6.45, 7) is 11.3. The van der Waals surface area contributed by atoms with Gasteiger partial charge in [0.2, 0.25) is 5.95 Å². The Morgan fingerprint density at radius 3 is 2.62 bits per heavy atom. The van der Waals surface area contributed by atoms with Crippen molar-refractivity contribution in [3.63, 3.8) is 0 Å². The third-order valence-corrected chi connectivity index (χ3v) is 7.55. The van der Waals surface area contributed by atoms with Gasteiger partial charge in [-0.3, -0.25) is 4.79 Å². The number of carbonyl (C=O) groups is 1. The van der Waals surface area contributed by atoms with E-state index in [2.05, 4.69) is 77.9 Å². The van der Waals surface area contributed by atoms with Crippen LogP contribution < -0.4 is 16.0 Å². The second-order valence-corrected chi connectivity index (χ2v) is 12.0. The van der Waals surface area contributed by atoms with Gasteiger partial charge in [0.25, 0.3) is 5.91 Å². The average Bonchev–Trinajstić information content (AvgIpc) is 3.67. The molecule has 4 aromatic rings. The number of aryl methyl sites for hydroxylation is 1. The predicted molar refractivity (Wildman–Crippen MR) is 166 cm³/mol. The van der Waals surface area contributed by atoms with Gasteiger partial charge in [-0.2, -0.15) is 4.98 Å². The quantitative estimate of drug-likeness (QED) is 0.193. The van der Waals surface area contributed by atoms with E-state index in [1.54, 1.807) is 12.3 Å². The summed E-state index contributed by atoms with van der Waals surface area (Å²) < 4.78 is 11.6. The molecular formula is C34H41N5O3. The summed E-state index contributed by atoms with van der Waals surface area (Å²) in [5.41, 5.74) is 5.88.